The van der Waals surface area contributed by atoms with Gasteiger partial charge in [-0.05, 0) is 22.0 Å². The van der Waals surface area contributed by atoms with E-state index in [-0.39, 0.29) is 15.9 Å². The Morgan fingerprint density at radius 3 is 2.62 bits per heavy atom. The molecule has 1 heterocycles. The third-order valence-electron chi connectivity index (χ3n) is 1.42. The lowest BCUT2D eigenvalue weighted by Gasteiger charge is -2.10. The summed E-state index contributed by atoms with van der Waals surface area (Å²) in [7, 11) is 0. The van der Waals surface area contributed by atoms with Crippen LogP contribution in [0.4, 0.5) is 13.2 Å². The number of alkyl halides is 3. The molecule has 88 valence electrons. The van der Waals surface area contributed by atoms with Crippen LogP contribution in [0.2, 0.25) is 0 Å². The zero-order valence-electron chi connectivity index (χ0n) is 7.55. The van der Waals surface area contributed by atoms with Gasteiger partial charge >= 0.3 is 6.18 Å². The zero-order chi connectivity index (χ0) is 12.3. The van der Waals surface area contributed by atoms with Gasteiger partial charge in [0.25, 0.3) is 0 Å². The lowest BCUT2D eigenvalue weighted by atomic mass is 10.3. The Labute approximate surface area is 96.2 Å². The van der Waals surface area contributed by atoms with E-state index in [1.54, 1.807) is 0 Å². The summed E-state index contributed by atoms with van der Waals surface area (Å²) >= 11 is 2.84. The lowest BCUT2D eigenvalue weighted by Crippen LogP contribution is -2.23. The summed E-state index contributed by atoms with van der Waals surface area (Å²) in [5.74, 6) is -1.81. The van der Waals surface area contributed by atoms with Crippen molar-refractivity contribution in [2.75, 3.05) is 6.61 Å². The standard InChI is InChI=1S/C8H5BrF3NO3/c9-5-1-4(7(14)15)2-13-6(5)16-3-8(10,11)12/h1-2H,3H2,(H,14,15)/p-1. The minimum Gasteiger partial charge on any atom is -0.545 e. The molecular weight excluding hydrogens is 295 g/mol. The Bertz CT molecular complexity index is 408. The average Bonchev–Trinajstić information content (AvgIpc) is 2.14. The number of aromatic carboxylic acids is 1. The summed E-state index contributed by atoms with van der Waals surface area (Å²) in [6, 6.07) is 1.05. The molecule has 1 rings (SSSR count). The molecule has 0 atom stereocenters. The fraction of sp³-hybridized carbons (Fsp3) is 0.250. The summed E-state index contributed by atoms with van der Waals surface area (Å²) in [5, 5.41) is 10.4. The summed E-state index contributed by atoms with van der Waals surface area (Å²) in [6.45, 7) is -1.50. The molecule has 0 amide bonds. The minimum atomic E-state index is -4.48. The summed E-state index contributed by atoms with van der Waals surface area (Å²) in [4.78, 5) is 13.8. The monoisotopic (exact) mass is 298 g/mol. The van der Waals surface area contributed by atoms with Gasteiger partial charge in [-0.25, -0.2) is 4.98 Å². The number of hydrogen-bond donors (Lipinski definition) is 0. The van der Waals surface area contributed by atoms with Gasteiger partial charge in [0.15, 0.2) is 6.61 Å². The second-order valence-electron chi connectivity index (χ2n) is 2.70. The number of nitrogens with zero attached hydrogens (tertiary/aromatic N) is 1. The molecular formula is C8H4BrF3NO3-. The zero-order valence-corrected chi connectivity index (χ0v) is 9.13. The SMILES string of the molecule is O=C([O-])c1cnc(OCC(F)(F)F)c(Br)c1. The van der Waals surface area contributed by atoms with Crippen LogP contribution in [-0.2, 0) is 0 Å². The lowest BCUT2D eigenvalue weighted by molar-refractivity contribution is -0.255. The highest BCUT2D eigenvalue weighted by atomic mass is 79.9. The average molecular weight is 299 g/mol. The number of carboxylic acid groups (broad SMARTS) is 1. The Morgan fingerprint density at radius 1 is 1.56 bits per heavy atom. The third kappa shape index (κ3) is 3.69. The van der Waals surface area contributed by atoms with Crippen LogP contribution in [0, 0.1) is 0 Å². The van der Waals surface area contributed by atoms with Crippen LogP contribution < -0.4 is 9.84 Å². The Morgan fingerprint density at radius 2 is 2.19 bits per heavy atom. The van der Waals surface area contributed by atoms with Gasteiger partial charge in [0, 0.05) is 11.8 Å². The maximum atomic E-state index is 11.8. The molecule has 0 fully saturated rings. The number of aromatic nitrogens is 1. The van der Waals surface area contributed by atoms with Gasteiger partial charge in [-0.1, -0.05) is 0 Å². The highest BCUT2D eigenvalue weighted by Gasteiger charge is 2.29. The Hall–Kier alpha value is -1.31. The van der Waals surface area contributed by atoms with E-state index in [9.17, 15) is 23.1 Å². The second kappa shape index (κ2) is 4.69. The van der Waals surface area contributed by atoms with Crippen LogP contribution in [-0.4, -0.2) is 23.7 Å². The van der Waals surface area contributed by atoms with E-state index in [4.69, 9.17) is 0 Å². The number of ether oxygens (including phenoxy) is 1. The van der Waals surface area contributed by atoms with Gasteiger partial charge in [-0.2, -0.15) is 13.2 Å². The molecule has 0 bridgehead atoms. The predicted octanol–water partition coefficient (Wildman–Crippen LogP) is 1.15. The van der Waals surface area contributed by atoms with E-state index in [1.165, 1.54) is 0 Å². The van der Waals surface area contributed by atoms with E-state index in [0.717, 1.165) is 12.3 Å². The van der Waals surface area contributed by atoms with Gasteiger partial charge in [0.05, 0.1) is 10.4 Å². The molecule has 0 aliphatic carbocycles. The number of pyridine rings is 1. The smallest absolute Gasteiger partial charge is 0.422 e. The van der Waals surface area contributed by atoms with E-state index < -0.39 is 18.8 Å². The van der Waals surface area contributed by atoms with E-state index in [0.29, 0.717) is 0 Å². The van der Waals surface area contributed by atoms with Crippen LogP contribution in [0.15, 0.2) is 16.7 Å². The van der Waals surface area contributed by atoms with Crippen molar-refractivity contribution in [1.29, 1.82) is 0 Å². The molecule has 1 aromatic heterocycles. The largest absolute Gasteiger partial charge is 0.545 e. The van der Waals surface area contributed by atoms with Crippen molar-refractivity contribution in [3.05, 3.63) is 22.3 Å². The van der Waals surface area contributed by atoms with Crippen molar-refractivity contribution in [1.82, 2.24) is 4.98 Å². The fourth-order valence-electron chi connectivity index (χ4n) is 0.793. The predicted molar refractivity (Wildman–Crippen MR) is 47.8 cm³/mol. The first-order chi connectivity index (χ1) is 7.29. The number of carbonyl (C=O) groups excluding carboxylic acids is 1. The first-order valence-electron chi connectivity index (χ1n) is 3.86. The first kappa shape index (κ1) is 12.8. The van der Waals surface area contributed by atoms with Crippen LogP contribution >= 0.6 is 15.9 Å². The van der Waals surface area contributed by atoms with Crippen LogP contribution in [0.25, 0.3) is 0 Å². The molecule has 0 aliphatic rings. The summed E-state index contributed by atoms with van der Waals surface area (Å²) < 4.78 is 39.8. The number of halogens is 4. The molecule has 0 radical (unpaired) electrons. The van der Waals surface area contributed by atoms with Gasteiger partial charge in [-0.15, -0.1) is 0 Å². The van der Waals surface area contributed by atoms with Crippen LogP contribution in [0.5, 0.6) is 5.88 Å². The van der Waals surface area contributed by atoms with Gasteiger partial charge < -0.3 is 14.6 Å². The van der Waals surface area contributed by atoms with Crippen molar-refractivity contribution in [3.63, 3.8) is 0 Å². The van der Waals surface area contributed by atoms with E-state index in [1.807, 2.05) is 0 Å². The topological polar surface area (TPSA) is 62.2 Å². The molecule has 0 saturated carbocycles. The quantitative estimate of drug-likeness (QED) is 0.840. The van der Waals surface area contributed by atoms with Crippen molar-refractivity contribution < 1.29 is 27.8 Å². The summed E-state index contributed by atoms with van der Waals surface area (Å²) in [6.07, 6.45) is -3.63. The van der Waals surface area contributed by atoms with Crippen molar-refractivity contribution in [3.8, 4) is 5.88 Å². The number of rotatable bonds is 3. The molecule has 0 N–H and O–H groups in total. The Balaban J connectivity index is 2.80. The third-order valence-corrected chi connectivity index (χ3v) is 1.98. The second-order valence-corrected chi connectivity index (χ2v) is 3.56. The maximum Gasteiger partial charge on any atom is 0.422 e. The minimum absolute atomic E-state index is 0.0125. The molecule has 8 heteroatoms. The molecule has 0 aliphatic heterocycles. The van der Waals surface area contributed by atoms with Gasteiger partial charge in [0.2, 0.25) is 5.88 Å². The Kier molecular flexibility index (Phi) is 3.74. The molecule has 0 spiro atoms. The maximum absolute atomic E-state index is 11.8. The highest BCUT2D eigenvalue weighted by molar-refractivity contribution is 9.10. The van der Waals surface area contributed by atoms with E-state index in [2.05, 4.69) is 25.7 Å². The molecule has 4 nitrogen and oxygen atoms in total. The van der Waals surface area contributed by atoms with Crippen LogP contribution in [0.1, 0.15) is 10.4 Å². The number of hydrogen-bond acceptors (Lipinski definition) is 4. The van der Waals surface area contributed by atoms with Crippen molar-refractivity contribution in [2.24, 2.45) is 0 Å². The van der Waals surface area contributed by atoms with Crippen molar-refractivity contribution in [2.45, 2.75) is 6.18 Å². The van der Waals surface area contributed by atoms with Gasteiger partial charge in [-0.3, -0.25) is 0 Å². The number of carboxylic acids is 1. The fourth-order valence-corrected chi connectivity index (χ4v) is 1.26. The molecule has 16 heavy (non-hydrogen) atoms. The molecule has 0 aromatic carbocycles. The van der Waals surface area contributed by atoms with Gasteiger partial charge in [0.1, 0.15) is 0 Å². The van der Waals surface area contributed by atoms with Crippen LogP contribution in [0.3, 0.4) is 0 Å². The number of carbonyl (C=O) groups is 1. The first-order valence-corrected chi connectivity index (χ1v) is 4.65. The van der Waals surface area contributed by atoms with Crippen molar-refractivity contribution >= 4 is 21.9 Å². The normalized spacial score (nSPS) is 11.2. The molecule has 0 unspecified atom stereocenters. The summed E-state index contributed by atoms with van der Waals surface area (Å²) in [5.41, 5.74) is -0.258. The highest BCUT2D eigenvalue weighted by Crippen LogP contribution is 2.25. The van der Waals surface area contributed by atoms with E-state index >= 15 is 0 Å². The molecule has 0 saturated heterocycles. The molecule has 1 aromatic rings.